The van der Waals surface area contributed by atoms with Crippen LogP contribution >= 0.6 is 0 Å². The SMILES string of the molecule is CCCNC(=O)C(C)Oc1cnn(CC)c1. The summed E-state index contributed by atoms with van der Waals surface area (Å²) in [5.74, 6) is 0.534. The molecule has 1 rings (SSSR count). The van der Waals surface area contributed by atoms with Gasteiger partial charge in [-0.15, -0.1) is 0 Å². The standard InChI is InChI=1S/C11H19N3O2/c1-4-6-12-11(15)9(3)16-10-7-13-14(5-2)8-10/h7-9H,4-6H2,1-3H3,(H,12,15). The van der Waals surface area contributed by atoms with E-state index in [1.807, 2.05) is 13.8 Å². The lowest BCUT2D eigenvalue weighted by Gasteiger charge is -2.12. The summed E-state index contributed by atoms with van der Waals surface area (Å²) in [7, 11) is 0. The van der Waals surface area contributed by atoms with Gasteiger partial charge in [0.2, 0.25) is 0 Å². The molecule has 1 atom stereocenters. The highest BCUT2D eigenvalue weighted by molar-refractivity contribution is 5.80. The summed E-state index contributed by atoms with van der Waals surface area (Å²) in [6.45, 7) is 7.21. The van der Waals surface area contributed by atoms with Gasteiger partial charge >= 0.3 is 0 Å². The molecule has 1 unspecified atom stereocenters. The minimum absolute atomic E-state index is 0.0916. The lowest BCUT2D eigenvalue weighted by molar-refractivity contribution is -0.127. The number of hydrogen-bond donors (Lipinski definition) is 1. The highest BCUT2D eigenvalue weighted by Crippen LogP contribution is 2.10. The van der Waals surface area contributed by atoms with Gasteiger partial charge in [0.25, 0.3) is 5.91 Å². The van der Waals surface area contributed by atoms with Gasteiger partial charge in [0, 0.05) is 13.1 Å². The summed E-state index contributed by atoms with van der Waals surface area (Å²) in [6, 6.07) is 0. The normalized spacial score (nSPS) is 12.2. The van der Waals surface area contributed by atoms with Crippen LogP contribution in [0.15, 0.2) is 12.4 Å². The predicted octanol–water partition coefficient (Wildman–Crippen LogP) is 1.20. The summed E-state index contributed by atoms with van der Waals surface area (Å²) in [4.78, 5) is 11.5. The number of carbonyl (C=O) groups is 1. The predicted molar refractivity (Wildman–Crippen MR) is 61.3 cm³/mol. The van der Waals surface area contributed by atoms with Crippen LogP contribution in [0.25, 0.3) is 0 Å². The average molecular weight is 225 g/mol. The van der Waals surface area contributed by atoms with Crippen LogP contribution < -0.4 is 10.1 Å². The number of hydrogen-bond acceptors (Lipinski definition) is 3. The summed E-state index contributed by atoms with van der Waals surface area (Å²) >= 11 is 0. The van der Waals surface area contributed by atoms with Gasteiger partial charge in [-0.05, 0) is 20.3 Å². The van der Waals surface area contributed by atoms with E-state index in [2.05, 4.69) is 10.4 Å². The van der Waals surface area contributed by atoms with Crippen LogP contribution in [0.1, 0.15) is 27.2 Å². The van der Waals surface area contributed by atoms with Crippen LogP contribution in [0, 0.1) is 0 Å². The third kappa shape index (κ3) is 3.56. The Kier molecular flexibility index (Phi) is 4.82. The first-order valence-electron chi connectivity index (χ1n) is 5.64. The van der Waals surface area contributed by atoms with Crippen LogP contribution in [-0.2, 0) is 11.3 Å². The first-order chi connectivity index (χ1) is 7.67. The van der Waals surface area contributed by atoms with E-state index >= 15 is 0 Å². The Labute approximate surface area is 95.8 Å². The van der Waals surface area contributed by atoms with Crippen molar-refractivity contribution in [3.05, 3.63) is 12.4 Å². The topological polar surface area (TPSA) is 56.1 Å². The fourth-order valence-electron chi connectivity index (χ4n) is 1.23. The fraction of sp³-hybridized carbons (Fsp3) is 0.636. The maximum Gasteiger partial charge on any atom is 0.260 e. The summed E-state index contributed by atoms with van der Waals surface area (Å²) in [5, 5.41) is 6.85. The first-order valence-corrected chi connectivity index (χ1v) is 5.64. The zero-order valence-corrected chi connectivity index (χ0v) is 10.1. The maximum atomic E-state index is 11.5. The second-order valence-electron chi connectivity index (χ2n) is 3.58. The zero-order chi connectivity index (χ0) is 12.0. The van der Waals surface area contributed by atoms with E-state index in [9.17, 15) is 4.79 Å². The van der Waals surface area contributed by atoms with Crippen molar-refractivity contribution in [2.24, 2.45) is 0 Å². The molecule has 0 radical (unpaired) electrons. The number of ether oxygens (including phenoxy) is 1. The molecular formula is C11H19N3O2. The highest BCUT2D eigenvalue weighted by atomic mass is 16.5. The van der Waals surface area contributed by atoms with E-state index in [1.165, 1.54) is 0 Å². The maximum absolute atomic E-state index is 11.5. The van der Waals surface area contributed by atoms with Gasteiger partial charge in [-0.2, -0.15) is 5.10 Å². The molecule has 1 N–H and O–H groups in total. The van der Waals surface area contributed by atoms with E-state index in [-0.39, 0.29) is 5.91 Å². The molecule has 5 nitrogen and oxygen atoms in total. The lowest BCUT2D eigenvalue weighted by atomic mass is 10.3. The largest absolute Gasteiger partial charge is 0.478 e. The highest BCUT2D eigenvalue weighted by Gasteiger charge is 2.14. The second kappa shape index (κ2) is 6.15. The molecule has 0 aliphatic heterocycles. The number of nitrogens with one attached hydrogen (secondary N) is 1. The monoisotopic (exact) mass is 225 g/mol. The Morgan fingerprint density at radius 1 is 1.62 bits per heavy atom. The van der Waals surface area contributed by atoms with E-state index in [4.69, 9.17) is 4.74 Å². The van der Waals surface area contributed by atoms with Gasteiger partial charge in [0.05, 0.1) is 12.4 Å². The van der Waals surface area contributed by atoms with Crippen molar-refractivity contribution in [2.45, 2.75) is 39.8 Å². The van der Waals surface area contributed by atoms with E-state index < -0.39 is 6.10 Å². The van der Waals surface area contributed by atoms with Gasteiger partial charge in [-0.1, -0.05) is 6.92 Å². The van der Waals surface area contributed by atoms with Gasteiger partial charge in [-0.3, -0.25) is 9.48 Å². The van der Waals surface area contributed by atoms with Crippen LogP contribution in [0.3, 0.4) is 0 Å². The molecule has 0 aliphatic carbocycles. The quantitative estimate of drug-likeness (QED) is 0.791. The van der Waals surface area contributed by atoms with Crippen molar-refractivity contribution in [3.63, 3.8) is 0 Å². The minimum Gasteiger partial charge on any atom is -0.478 e. The Morgan fingerprint density at radius 3 is 2.94 bits per heavy atom. The van der Waals surface area contributed by atoms with E-state index in [1.54, 1.807) is 24.0 Å². The molecule has 0 aliphatic rings. The molecule has 0 saturated carbocycles. The summed E-state index contributed by atoms with van der Waals surface area (Å²) < 4.78 is 7.22. The van der Waals surface area contributed by atoms with Crippen molar-refractivity contribution >= 4 is 5.91 Å². The number of rotatable bonds is 6. The first kappa shape index (κ1) is 12.5. The molecular weight excluding hydrogens is 206 g/mol. The van der Waals surface area contributed by atoms with Crippen molar-refractivity contribution in [3.8, 4) is 5.75 Å². The minimum atomic E-state index is -0.485. The number of carbonyl (C=O) groups excluding carboxylic acids is 1. The molecule has 0 fully saturated rings. The van der Waals surface area contributed by atoms with Crippen LogP contribution in [0.5, 0.6) is 5.75 Å². The van der Waals surface area contributed by atoms with Gasteiger partial charge < -0.3 is 10.1 Å². The third-order valence-corrected chi connectivity index (χ3v) is 2.16. The second-order valence-corrected chi connectivity index (χ2v) is 3.58. The van der Waals surface area contributed by atoms with Gasteiger partial charge in [0.15, 0.2) is 11.9 Å². The Balaban J connectivity index is 2.43. The molecule has 16 heavy (non-hydrogen) atoms. The number of aromatic nitrogens is 2. The molecule has 0 spiro atoms. The van der Waals surface area contributed by atoms with Gasteiger partial charge in [0.1, 0.15) is 0 Å². The van der Waals surface area contributed by atoms with E-state index in [0.717, 1.165) is 13.0 Å². The molecule has 1 heterocycles. The van der Waals surface area contributed by atoms with Crippen molar-refractivity contribution < 1.29 is 9.53 Å². The van der Waals surface area contributed by atoms with E-state index in [0.29, 0.717) is 12.3 Å². The molecule has 1 aromatic rings. The van der Waals surface area contributed by atoms with Crippen LogP contribution in [0.2, 0.25) is 0 Å². The van der Waals surface area contributed by atoms with Crippen molar-refractivity contribution in [2.75, 3.05) is 6.54 Å². The molecule has 1 aromatic heterocycles. The van der Waals surface area contributed by atoms with Crippen LogP contribution in [-0.4, -0.2) is 28.3 Å². The number of aryl methyl sites for hydroxylation is 1. The van der Waals surface area contributed by atoms with Gasteiger partial charge in [-0.25, -0.2) is 0 Å². The lowest BCUT2D eigenvalue weighted by Crippen LogP contribution is -2.36. The van der Waals surface area contributed by atoms with Crippen LogP contribution in [0.4, 0.5) is 0 Å². The van der Waals surface area contributed by atoms with Crippen molar-refractivity contribution in [1.29, 1.82) is 0 Å². The Bertz CT molecular complexity index is 336. The number of amides is 1. The Hall–Kier alpha value is -1.52. The molecule has 0 bridgehead atoms. The van der Waals surface area contributed by atoms with Crippen molar-refractivity contribution in [1.82, 2.24) is 15.1 Å². The molecule has 90 valence electrons. The smallest absolute Gasteiger partial charge is 0.260 e. The molecule has 0 saturated heterocycles. The average Bonchev–Trinajstić information content (AvgIpc) is 2.73. The third-order valence-electron chi connectivity index (χ3n) is 2.16. The number of nitrogens with zero attached hydrogens (tertiary/aromatic N) is 2. The molecule has 1 amide bonds. The summed E-state index contributed by atoms with van der Waals surface area (Å²) in [6.07, 6.45) is 3.84. The Morgan fingerprint density at radius 2 is 2.38 bits per heavy atom. The molecule has 0 aromatic carbocycles. The summed E-state index contributed by atoms with van der Waals surface area (Å²) in [5.41, 5.74) is 0. The zero-order valence-electron chi connectivity index (χ0n) is 10.1. The fourth-order valence-corrected chi connectivity index (χ4v) is 1.23. The molecule has 5 heteroatoms.